The van der Waals surface area contributed by atoms with Crippen LogP contribution in [-0.4, -0.2) is 43.4 Å². The second-order valence-corrected chi connectivity index (χ2v) is 14.7. The zero-order valence-corrected chi connectivity index (χ0v) is 21.8. The molecule has 0 rings (SSSR count). The number of alkyl carbamates (subject to hydrolysis) is 1. The van der Waals surface area contributed by atoms with E-state index in [2.05, 4.69) is 26.1 Å². The second-order valence-electron chi connectivity index (χ2n) is 8.87. The molecule has 0 aliphatic rings. The first-order valence-electron chi connectivity index (χ1n) is 11.2. The summed E-state index contributed by atoms with van der Waals surface area (Å²) in [5, 5.41) is 3.25. The maximum atomic E-state index is 12.4. The molecule has 1 amide bonds. The fraction of sp³-hybridized carbons (Fsp3) is 0.955. The fourth-order valence-corrected chi connectivity index (χ4v) is 9.85. The van der Waals surface area contributed by atoms with Gasteiger partial charge in [-0.3, -0.25) is 0 Å². The van der Waals surface area contributed by atoms with Crippen LogP contribution in [0, 0.1) is 0 Å². The first kappa shape index (κ1) is 27.0. The Hall–Kier alpha value is 0.0287. The van der Waals surface area contributed by atoms with Crippen LogP contribution in [0.4, 0.5) is 4.79 Å². The van der Waals surface area contributed by atoms with Crippen molar-refractivity contribution in [1.82, 2.24) is 5.32 Å². The number of nitrogens with one attached hydrogen (secondary N) is 1. The first-order valence-corrected chi connectivity index (χ1v) is 14.3. The molecule has 2 radical (unpaired) electrons. The van der Waals surface area contributed by atoms with Crippen LogP contribution >= 0.6 is 0 Å². The van der Waals surface area contributed by atoms with Gasteiger partial charge in [0.2, 0.25) is 0 Å². The Balaban J connectivity index is 5.28. The number of carbonyl (C=O) groups excluding carboxylic acids is 1. The topological polar surface area (TPSA) is 64.3 Å². The monoisotopic (exact) mass is 490 g/mol. The minimum atomic E-state index is -0.862. The van der Waals surface area contributed by atoms with Crippen LogP contribution < -0.4 is 11.1 Å². The molecule has 0 aromatic rings. The third-order valence-corrected chi connectivity index (χ3v) is 11.0. The van der Waals surface area contributed by atoms with Crippen LogP contribution in [0.25, 0.3) is 0 Å². The van der Waals surface area contributed by atoms with Crippen molar-refractivity contribution >= 4 is 27.2 Å². The third kappa shape index (κ3) is 13.8. The van der Waals surface area contributed by atoms with Gasteiger partial charge in [-0.25, -0.2) is 0 Å². The zero-order chi connectivity index (χ0) is 20.8. The summed E-state index contributed by atoms with van der Waals surface area (Å²) >= 11 is -0.862. The van der Waals surface area contributed by atoms with Gasteiger partial charge in [0.25, 0.3) is 0 Å². The van der Waals surface area contributed by atoms with Gasteiger partial charge in [-0.2, -0.15) is 0 Å². The second kappa shape index (κ2) is 14.9. The predicted molar refractivity (Wildman–Crippen MR) is 118 cm³/mol. The van der Waals surface area contributed by atoms with E-state index in [1.165, 1.54) is 57.8 Å². The summed E-state index contributed by atoms with van der Waals surface area (Å²) in [6.07, 6.45) is 13.5. The molecule has 0 saturated carbocycles. The van der Waals surface area contributed by atoms with E-state index in [-0.39, 0.29) is 6.09 Å². The molecule has 27 heavy (non-hydrogen) atoms. The van der Waals surface area contributed by atoms with Gasteiger partial charge >= 0.3 is 180 Å². The zero-order valence-electron chi connectivity index (χ0n) is 19.0. The van der Waals surface area contributed by atoms with Crippen LogP contribution in [0.15, 0.2) is 0 Å². The van der Waals surface area contributed by atoms with Gasteiger partial charge in [-0.05, 0) is 0 Å². The normalized spacial score (nSPS) is 13.4. The van der Waals surface area contributed by atoms with Gasteiger partial charge in [0, 0.05) is 0 Å². The third-order valence-electron chi connectivity index (χ3n) is 4.89. The number of carbonyl (C=O) groups is 1. The van der Waals surface area contributed by atoms with Crippen LogP contribution in [-0.2, 0) is 4.74 Å². The molecule has 0 fully saturated rings. The number of amides is 1. The number of unbranched alkanes of at least 4 members (excludes halogenated alkanes) is 3. The molecule has 0 aromatic heterocycles. The predicted octanol–water partition coefficient (Wildman–Crippen LogP) is 6.01. The molecule has 0 heterocycles. The number of ether oxygens (including phenoxy) is 1. The van der Waals surface area contributed by atoms with Gasteiger partial charge in [0.1, 0.15) is 0 Å². The molecular weight excluding hydrogens is 443 g/mol. The van der Waals surface area contributed by atoms with E-state index in [0.717, 1.165) is 12.8 Å². The van der Waals surface area contributed by atoms with Crippen molar-refractivity contribution in [2.24, 2.45) is 5.73 Å². The van der Waals surface area contributed by atoms with Crippen LogP contribution in [0.2, 0.25) is 3.43 Å². The number of nitrogens with two attached hydrogens (primary N) is 1. The molecular formula is C22H46N2O2Sn. The molecule has 0 aliphatic heterocycles. The van der Waals surface area contributed by atoms with Crippen LogP contribution in [0.1, 0.15) is 112 Å². The van der Waals surface area contributed by atoms with Gasteiger partial charge < -0.3 is 0 Å². The molecule has 4 nitrogen and oxygen atoms in total. The average Bonchev–Trinajstić information content (AvgIpc) is 2.59. The van der Waals surface area contributed by atoms with E-state index in [0.29, 0.717) is 14.0 Å². The molecule has 0 spiro atoms. The summed E-state index contributed by atoms with van der Waals surface area (Å²) in [6, 6.07) is 0. The van der Waals surface area contributed by atoms with E-state index < -0.39 is 26.7 Å². The maximum absolute atomic E-state index is 12.4. The van der Waals surface area contributed by atoms with E-state index in [1.807, 2.05) is 20.8 Å². The van der Waals surface area contributed by atoms with Gasteiger partial charge in [-0.15, -0.1) is 0 Å². The molecule has 0 saturated heterocycles. The summed E-state index contributed by atoms with van der Waals surface area (Å²) in [6.45, 7) is 13.3. The summed E-state index contributed by atoms with van der Waals surface area (Å²) in [7, 11) is 0. The number of hydrogen-bond donors (Lipinski definition) is 2. The van der Waals surface area contributed by atoms with Gasteiger partial charge in [0.05, 0.1) is 0 Å². The van der Waals surface area contributed by atoms with Crippen molar-refractivity contribution in [3.63, 3.8) is 0 Å². The number of hydrogen-bond acceptors (Lipinski definition) is 3. The van der Waals surface area contributed by atoms with Crippen molar-refractivity contribution in [2.75, 3.05) is 6.54 Å². The Bertz CT molecular complexity index is 361. The van der Waals surface area contributed by atoms with Crippen molar-refractivity contribution in [3.8, 4) is 0 Å². The van der Waals surface area contributed by atoms with Crippen molar-refractivity contribution in [3.05, 3.63) is 0 Å². The Morgan fingerprint density at radius 1 is 0.963 bits per heavy atom. The Morgan fingerprint density at radius 2 is 1.44 bits per heavy atom. The van der Waals surface area contributed by atoms with Gasteiger partial charge in [-0.1, -0.05) is 0 Å². The Morgan fingerprint density at radius 3 is 1.81 bits per heavy atom. The molecule has 160 valence electrons. The summed E-state index contributed by atoms with van der Waals surface area (Å²) in [5.74, 6) is 0. The van der Waals surface area contributed by atoms with E-state index >= 15 is 0 Å². The molecule has 0 bridgehead atoms. The summed E-state index contributed by atoms with van der Waals surface area (Å²) < 4.78 is 6.37. The van der Waals surface area contributed by atoms with Crippen LogP contribution in [0.5, 0.6) is 0 Å². The average molecular weight is 489 g/mol. The quantitative estimate of drug-likeness (QED) is 0.277. The Labute approximate surface area is 179 Å². The van der Waals surface area contributed by atoms with Crippen LogP contribution in [0.3, 0.4) is 0 Å². The molecule has 5 heteroatoms. The molecule has 1 unspecified atom stereocenters. The molecule has 0 aromatic carbocycles. The molecule has 3 N–H and O–H groups in total. The van der Waals surface area contributed by atoms with Crippen molar-refractivity contribution < 1.29 is 9.53 Å². The van der Waals surface area contributed by atoms with Crippen molar-refractivity contribution in [2.45, 2.75) is 125 Å². The standard InChI is InChI=1S/C13H27.C9H19N2O2.Sn/c1-4-7-10-13(11-8-5-2)12-9-6-3;1-9(2,3)13-8(12)11-7-5-4-6-10;/h4-12H2,1-3H3;7H,4-6,10H2,1-3H3,(H,11,12);. The SMILES string of the molecule is CCCC[C](CCCC)(CCCC)[Sn][CH](CCCN)NC(=O)OC(C)(C)C. The summed E-state index contributed by atoms with van der Waals surface area (Å²) in [5.41, 5.74) is 5.34. The van der Waals surface area contributed by atoms with E-state index in [9.17, 15) is 4.79 Å². The van der Waals surface area contributed by atoms with Gasteiger partial charge in [0.15, 0.2) is 0 Å². The number of rotatable bonds is 15. The van der Waals surface area contributed by atoms with E-state index in [1.54, 1.807) is 0 Å². The van der Waals surface area contributed by atoms with Crippen molar-refractivity contribution in [1.29, 1.82) is 0 Å². The molecule has 1 atom stereocenters. The Kier molecular flexibility index (Phi) is 15.0. The fourth-order valence-electron chi connectivity index (χ4n) is 3.46. The summed E-state index contributed by atoms with van der Waals surface area (Å²) in [4.78, 5) is 12.4. The first-order chi connectivity index (χ1) is 12.7. The molecule has 0 aliphatic carbocycles. The van der Waals surface area contributed by atoms with E-state index in [4.69, 9.17) is 10.5 Å². The minimum absolute atomic E-state index is 0.249.